The lowest BCUT2D eigenvalue weighted by molar-refractivity contribution is -0.122. The predicted octanol–water partition coefficient (Wildman–Crippen LogP) is 2.94. The van der Waals surface area contributed by atoms with Crippen LogP contribution in [0, 0.1) is 5.92 Å². The summed E-state index contributed by atoms with van der Waals surface area (Å²) in [6.45, 7) is 2.26. The van der Waals surface area contributed by atoms with Gasteiger partial charge in [-0.2, -0.15) is 8.42 Å². The molecule has 0 aliphatic carbocycles. The molecular formula is C20H23N3O4S. The molecule has 0 saturated carbocycles. The molecule has 2 aromatic rings. The predicted molar refractivity (Wildman–Crippen MR) is 108 cm³/mol. The summed E-state index contributed by atoms with van der Waals surface area (Å²) in [4.78, 5) is 12.4. The maximum Gasteiger partial charge on any atom is 0.286 e. The first-order valence-corrected chi connectivity index (χ1v) is 10.4. The van der Waals surface area contributed by atoms with E-state index in [1.807, 2.05) is 31.2 Å². The fraction of sp³-hybridized carbons (Fsp3) is 0.300. The number of carbonyl (C=O) groups is 1. The van der Waals surface area contributed by atoms with Gasteiger partial charge in [0.1, 0.15) is 16.5 Å². The molecule has 0 bridgehead atoms. The van der Waals surface area contributed by atoms with Gasteiger partial charge < -0.3 is 15.4 Å². The first-order chi connectivity index (χ1) is 13.4. The number of ether oxygens (including phenoxy) is 1. The molecule has 0 aromatic heterocycles. The van der Waals surface area contributed by atoms with Crippen LogP contribution in [0.1, 0.15) is 25.3 Å². The fourth-order valence-electron chi connectivity index (χ4n) is 3.09. The highest BCUT2D eigenvalue weighted by Crippen LogP contribution is 2.28. The van der Waals surface area contributed by atoms with E-state index in [1.165, 1.54) is 6.07 Å². The number of fused-ring (bicyclic) bond motifs is 1. The molecule has 0 spiro atoms. The van der Waals surface area contributed by atoms with Crippen molar-refractivity contribution in [2.45, 2.75) is 31.2 Å². The molecule has 0 fully saturated rings. The second-order valence-electron chi connectivity index (χ2n) is 6.74. The molecule has 1 amide bonds. The van der Waals surface area contributed by atoms with Crippen molar-refractivity contribution >= 4 is 27.5 Å². The van der Waals surface area contributed by atoms with Crippen LogP contribution in [0.2, 0.25) is 0 Å². The van der Waals surface area contributed by atoms with Gasteiger partial charge in [-0.25, -0.2) is 0 Å². The molecule has 1 aliphatic heterocycles. The maximum atomic E-state index is 12.3. The average molecular weight is 401 g/mol. The van der Waals surface area contributed by atoms with Crippen molar-refractivity contribution < 1.29 is 17.9 Å². The summed E-state index contributed by atoms with van der Waals surface area (Å²) < 4.78 is 33.7. The van der Waals surface area contributed by atoms with Crippen LogP contribution in [-0.4, -0.2) is 27.3 Å². The third kappa shape index (κ3) is 4.69. The van der Waals surface area contributed by atoms with Gasteiger partial charge in [-0.3, -0.25) is 4.79 Å². The van der Waals surface area contributed by atoms with Crippen LogP contribution in [0.5, 0.6) is 5.75 Å². The topological polar surface area (TPSA) is 96.9 Å². The average Bonchev–Trinajstić information content (AvgIpc) is 2.66. The molecule has 8 heteroatoms. The minimum absolute atomic E-state index is 0.0793. The molecule has 0 saturated heterocycles. The number of hydrogen-bond acceptors (Lipinski definition) is 5. The van der Waals surface area contributed by atoms with Gasteiger partial charge in [-0.1, -0.05) is 37.3 Å². The zero-order valence-corrected chi connectivity index (χ0v) is 16.6. The molecule has 1 atom stereocenters. The zero-order chi connectivity index (χ0) is 20.1. The second-order valence-corrected chi connectivity index (χ2v) is 8.31. The van der Waals surface area contributed by atoms with E-state index in [2.05, 4.69) is 15.0 Å². The molecule has 2 N–H and O–H groups in total. The number of nitrogens with one attached hydrogen (secondary N) is 2. The Morgan fingerprint density at radius 2 is 1.89 bits per heavy atom. The SMILES string of the molecule is COc1ccccc1CNC(=O)CC(C)CC1=NS(=O)(=O)c2ccccc2N1. The fourth-order valence-corrected chi connectivity index (χ4v) is 4.25. The Bertz CT molecular complexity index is 1000. The summed E-state index contributed by atoms with van der Waals surface area (Å²) >= 11 is 0. The number of hydrogen-bond donors (Lipinski definition) is 2. The lowest BCUT2D eigenvalue weighted by Crippen LogP contribution is -2.27. The molecule has 0 radical (unpaired) electrons. The number of methoxy groups -OCH3 is 1. The third-order valence-electron chi connectivity index (χ3n) is 4.42. The van der Waals surface area contributed by atoms with Gasteiger partial charge in [0, 0.05) is 24.9 Å². The van der Waals surface area contributed by atoms with Gasteiger partial charge in [0.25, 0.3) is 10.0 Å². The minimum Gasteiger partial charge on any atom is -0.496 e. The quantitative estimate of drug-likeness (QED) is 0.744. The van der Waals surface area contributed by atoms with E-state index < -0.39 is 10.0 Å². The molecule has 3 rings (SSSR count). The molecule has 28 heavy (non-hydrogen) atoms. The van der Waals surface area contributed by atoms with Crippen LogP contribution in [0.3, 0.4) is 0 Å². The Morgan fingerprint density at radius 1 is 1.18 bits per heavy atom. The lowest BCUT2D eigenvalue weighted by atomic mass is 10.0. The third-order valence-corrected chi connectivity index (χ3v) is 5.79. The smallest absolute Gasteiger partial charge is 0.286 e. The number of benzene rings is 2. The van der Waals surface area contributed by atoms with E-state index in [-0.39, 0.29) is 23.1 Å². The van der Waals surface area contributed by atoms with E-state index in [1.54, 1.807) is 25.3 Å². The van der Waals surface area contributed by atoms with Gasteiger partial charge in [0.2, 0.25) is 5.91 Å². The highest BCUT2D eigenvalue weighted by atomic mass is 32.2. The highest BCUT2D eigenvalue weighted by molar-refractivity contribution is 7.90. The second kappa shape index (κ2) is 8.43. The number of carbonyl (C=O) groups excluding carboxylic acids is 1. The van der Waals surface area contributed by atoms with E-state index in [0.29, 0.717) is 24.5 Å². The van der Waals surface area contributed by atoms with Crippen molar-refractivity contribution in [1.82, 2.24) is 5.32 Å². The lowest BCUT2D eigenvalue weighted by Gasteiger charge is -2.20. The van der Waals surface area contributed by atoms with Crippen LogP contribution in [0.25, 0.3) is 0 Å². The van der Waals surface area contributed by atoms with Crippen molar-refractivity contribution in [2.75, 3.05) is 12.4 Å². The summed E-state index contributed by atoms with van der Waals surface area (Å²) in [5, 5.41) is 5.93. The van der Waals surface area contributed by atoms with E-state index in [9.17, 15) is 13.2 Å². The number of para-hydroxylation sites is 2. The van der Waals surface area contributed by atoms with Crippen LogP contribution >= 0.6 is 0 Å². The standard InChI is InChI=1S/C20H23N3O4S/c1-14(12-20(24)21-13-15-7-3-5-9-17(15)27-2)11-19-22-16-8-4-6-10-18(16)28(25,26)23-19/h3-10,14H,11-13H2,1-2H3,(H,21,24)(H,22,23). The van der Waals surface area contributed by atoms with Gasteiger partial charge in [-0.05, 0) is 24.1 Å². The number of anilines is 1. The number of sulfonamides is 1. The highest BCUT2D eigenvalue weighted by Gasteiger charge is 2.25. The number of rotatable bonds is 7. The molecule has 7 nitrogen and oxygen atoms in total. The summed E-state index contributed by atoms with van der Waals surface area (Å²) in [5.74, 6) is 0.881. The normalized spacial score (nSPS) is 15.6. The first-order valence-electron chi connectivity index (χ1n) is 8.97. The van der Waals surface area contributed by atoms with E-state index >= 15 is 0 Å². The van der Waals surface area contributed by atoms with Crippen molar-refractivity contribution in [2.24, 2.45) is 10.3 Å². The Kier molecular flexibility index (Phi) is 5.99. The summed E-state index contributed by atoms with van der Waals surface area (Å²) in [6, 6.07) is 14.1. The number of amidine groups is 1. The van der Waals surface area contributed by atoms with E-state index in [4.69, 9.17) is 4.74 Å². The molecular weight excluding hydrogens is 378 g/mol. The summed E-state index contributed by atoms with van der Waals surface area (Å²) in [5.41, 5.74) is 1.41. The van der Waals surface area contributed by atoms with Gasteiger partial charge >= 0.3 is 0 Å². The van der Waals surface area contributed by atoms with Crippen LogP contribution in [0.4, 0.5) is 5.69 Å². The first kappa shape index (κ1) is 19.9. The molecule has 2 aromatic carbocycles. The number of nitrogens with zero attached hydrogens (tertiary/aromatic N) is 1. The Balaban J connectivity index is 1.56. The van der Waals surface area contributed by atoms with Crippen molar-refractivity contribution in [3.8, 4) is 5.75 Å². The van der Waals surface area contributed by atoms with Crippen molar-refractivity contribution in [3.63, 3.8) is 0 Å². The Hall–Kier alpha value is -2.87. The van der Waals surface area contributed by atoms with Crippen molar-refractivity contribution in [3.05, 3.63) is 54.1 Å². The Labute approximate surface area is 164 Å². The Morgan fingerprint density at radius 3 is 2.68 bits per heavy atom. The van der Waals surface area contributed by atoms with Crippen LogP contribution in [-0.2, 0) is 21.4 Å². The summed E-state index contributed by atoms with van der Waals surface area (Å²) in [7, 11) is -2.12. The summed E-state index contributed by atoms with van der Waals surface area (Å²) in [6.07, 6.45) is 0.618. The van der Waals surface area contributed by atoms with Crippen LogP contribution < -0.4 is 15.4 Å². The molecule has 1 heterocycles. The van der Waals surface area contributed by atoms with Crippen LogP contribution in [0.15, 0.2) is 57.8 Å². The maximum absolute atomic E-state index is 12.3. The van der Waals surface area contributed by atoms with Gasteiger partial charge in [0.15, 0.2) is 0 Å². The monoisotopic (exact) mass is 401 g/mol. The molecule has 1 unspecified atom stereocenters. The zero-order valence-electron chi connectivity index (χ0n) is 15.8. The molecule has 1 aliphatic rings. The largest absolute Gasteiger partial charge is 0.496 e. The molecule has 148 valence electrons. The van der Waals surface area contributed by atoms with Gasteiger partial charge in [0.05, 0.1) is 12.8 Å². The number of amides is 1. The minimum atomic E-state index is -3.71. The van der Waals surface area contributed by atoms with Crippen molar-refractivity contribution in [1.29, 1.82) is 0 Å². The van der Waals surface area contributed by atoms with E-state index in [0.717, 1.165) is 11.3 Å². The van der Waals surface area contributed by atoms with Gasteiger partial charge in [-0.15, -0.1) is 4.40 Å².